The summed E-state index contributed by atoms with van der Waals surface area (Å²) in [4.78, 5) is 16.4. The Morgan fingerprint density at radius 2 is 2.00 bits per heavy atom. The van der Waals surface area contributed by atoms with Crippen molar-refractivity contribution in [3.05, 3.63) is 52.0 Å². The monoisotopic (exact) mass is 371 g/mol. The lowest BCUT2D eigenvalue weighted by Crippen LogP contribution is -2.34. The highest BCUT2D eigenvalue weighted by atomic mass is 32.1. The molecule has 0 saturated heterocycles. The van der Waals surface area contributed by atoms with Crippen LogP contribution in [0.3, 0.4) is 0 Å². The number of nitrogens with one attached hydrogen (secondary N) is 2. The molecule has 0 radical (unpaired) electrons. The molecule has 8 heteroatoms. The van der Waals surface area contributed by atoms with Gasteiger partial charge in [0.2, 0.25) is 6.79 Å². The van der Waals surface area contributed by atoms with E-state index in [1.54, 1.807) is 11.3 Å². The smallest absolute Gasteiger partial charge is 0.315 e. The van der Waals surface area contributed by atoms with Gasteiger partial charge < -0.3 is 24.5 Å². The summed E-state index contributed by atoms with van der Waals surface area (Å²) in [7, 11) is 0. The molecule has 2 aromatic heterocycles. The zero-order chi connectivity index (χ0) is 17.9. The van der Waals surface area contributed by atoms with E-state index in [0.717, 1.165) is 22.0 Å². The van der Waals surface area contributed by atoms with Crippen molar-refractivity contribution < 1.29 is 18.7 Å². The third-order valence-electron chi connectivity index (χ3n) is 3.85. The lowest BCUT2D eigenvalue weighted by atomic mass is 10.2. The van der Waals surface area contributed by atoms with E-state index in [-0.39, 0.29) is 12.8 Å². The molecule has 0 atom stereocenters. The van der Waals surface area contributed by atoms with E-state index in [4.69, 9.17) is 13.9 Å². The van der Waals surface area contributed by atoms with Gasteiger partial charge in [-0.25, -0.2) is 9.78 Å². The number of benzene rings is 1. The second-order valence-electron chi connectivity index (χ2n) is 5.74. The van der Waals surface area contributed by atoms with Crippen LogP contribution in [-0.4, -0.2) is 17.8 Å². The van der Waals surface area contributed by atoms with E-state index in [0.29, 0.717) is 30.4 Å². The second-order valence-corrected chi connectivity index (χ2v) is 6.80. The van der Waals surface area contributed by atoms with Gasteiger partial charge in [-0.05, 0) is 36.8 Å². The summed E-state index contributed by atoms with van der Waals surface area (Å²) in [5.74, 6) is 2.79. The van der Waals surface area contributed by atoms with Crippen LogP contribution in [0, 0.1) is 6.92 Å². The molecule has 1 aromatic carbocycles. The fourth-order valence-corrected chi connectivity index (χ4v) is 3.15. The SMILES string of the molecule is Cc1nc(-c2ccc(CNC(=O)NCc3ccc4c(c3)OCO4)o2)cs1. The molecule has 3 heterocycles. The van der Waals surface area contributed by atoms with Gasteiger partial charge in [-0.3, -0.25) is 0 Å². The molecular formula is C18H17N3O4S. The van der Waals surface area contributed by atoms with E-state index in [1.807, 2.05) is 42.6 Å². The number of ether oxygens (including phenoxy) is 2. The molecule has 134 valence electrons. The summed E-state index contributed by atoms with van der Waals surface area (Å²) in [6.07, 6.45) is 0. The maximum atomic E-state index is 12.0. The van der Waals surface area contributed by atoms with Crippen molar-refractivity contribution >= 4 is 17.4 Å². The molecular weight excluding hydrogens is 354 g/mol. The minimum atomic E-state index is -0.273. The number of hydrogen-bond acceptors (Lipinski definition) is 6. The lowest BCUT2D eigenvalue weighted by molar-refractivity contribution is 0.174. The summed E-state index contributed by atoms with van der Waals surface area (Å²) in [5.41, 5.74) is 1.74. The molecule has 0 bridgehead atoms. The highest BCUT2D eigenvalue weighted by Crippen LogP contribution is 2.32. The van der Waals surface area contributed by atoms with Crippen molar-refractivity contribution in [3.63, 3.8) is 0 Å². The van der Waals surface area contributed by atoms with Crippen LogP contribution in [0.1, 0.15) is 16.3 Å². The first-order valence-electron chi connectivity index (χ1n) is 8.09. The Labute approximate surface area is 154 Å². The van der Waals surface area contributed by atoms with Crippen LogP contribution >= 0.6 is 11.3 Å². The van der Waals surface area contributed by atoms with Gasteiger partial charge in [0, 0.05) is 11.9 Å². The van der Waals surface area contributed by atoms with Crippen LogP contribution in [0.5, 0.6) is 11.5 Å². The fourth-order valence-electron chi connectivity index (χ4n) is 2.55. The third kappa shape index (κ3) is 3.65. The third-order valence-corrected chi connectivity index (χ3v) is 4.62. The quantitative estimate of drug-likeness (QED) is 0.718. The number of rotatable bonds is 5. The van der Waals surface area contributed by atoms with E-state index in [2.05, 4.69) is 15.6 Å². The van der Waals surface area contributed by atoms with E-state index < -0.39 is 0 Å². The van der Waals surface area contributed by atoms with Crippen molar-refractivity contribution in [3.8, 4) is 23.0 Å². The number of aromatic nitrogens is 1. The fraction of sp³-hybridized carbons (Fsp3) is 0.222. The predicted octanol–water partition coefficient (Wildman–Crippen LogP) is 3.44. The summed E-state index contributed by atoms with van der Waals surface area (Å²) in [5, 5.41) is 8.51. The predicted molar refractivity (Wildman–Crippen MR) is 96.2 cm³/mol. The molecule has 1 aliphatic rings. The van der Waals surface area contributed by atoms with Crippen molar-refractivity contribution in [1.29, 1.82) is 0 Å². The summed E-state index contributed by atoms with van der Waals surface area (Å²) in [6, 6.07) is 9.00. The van der Waals surface area contributed by atoms with E-state index >= 15 is 0 Å². The molecule has 7 nitrogen and oxygen atoms in total. The maximum absolute atomic E-state index is 12.0. The topological polar surface area (TPSA) is 85.6 Å². The largest absolute Gasteiger partial charge is 0.458 e. The average molecular weight is 371 g/mol. The Balaban J connectivity index is 1.27. The number of furan rings is 1. The Kier molecular flexibility index (Phi) is 4.49. The van der Waals surface area contributed by atoms with Gasteiger partial charge >= 0.3 is 6.03 Å². The number of carbonyl (C=O) groups is 1. The van der Waals surface area contributed by atoms with Gasteiger partial charge in [-0.15, -0.1) is 11.3 Å². The van der Waals surface area contributed by atoms with Gasteiger partial charge in [0.1, 0.15) is 11.5 Å². The molecule has 3 aromatic rings. The number of amides is 2. The van der Waals surface area contributed by atoms with Crippen LogP contribution in [-0.2, 0) is 13.1 Å². The van der Waals surface area contributed by atoms with E-state index in [1.165, 1.54) is 0 Å². The minimum absolute atomic E-state index is 0.234. The second kappa shape index (κ2) is 7.09. The first-order chi connectivity index (χ1) is 12.7. The van der Waals surface area contributed by atoms with Crippen LogP contribution < -0.4 is 20.1 Å². The van der Waals surface area contributed by atoms with Crippen molar-refractivity contribution in [2.24, 2.45) is 0 Å². The minimum Gasteiger partial charge on any atom is -0.458 e. The van der Waals surface area contributed by atoms with Crippen molar-refractivity contribution in [2.75, 3.05) is 6.79 Å². The molecule has 1 aliphatic heterocycles. The molecule has 2 N–H and O–H groups in total. The molecule has 0 unspecified atom stereocenters. The molecule has 0 spiro atoms. The Bertz CT molecular complexity index is 934. The zero-order valence-electron chi connectivity index (χ0n) is 14.1. The molecule has 0 aliphatic carbocycles. The zero-order valence-corrected chi connectivity index (χ0v) is 14.9. The molecule has 4 rings (SSSR count). The van der Waals surface area contributed by atoms with Gasteiger partial charge in [0.25, 0.3) is 0 Å². The molecule has 2 amide bonds. The van der Waals surface area contributed by atoms with Crippen LogP contribution in [0.4, 0.5) is 4.79 Å². The standard InChI is InChI=1S/C18H17N3O4S/c1-11-21-14(9-26-11)15-5-3-13(25-15)8-20-18(22)19-7-12-2-4-16-17(6-12)24-10-23-16/h2-6,9H,7-8,10H2,1H3,(H2,19,20,22). The van der Waals surface area contributed by atoms with Gasteiger partial charge in [-0.1, -0.05) is 6.07 Å². The normalized spacial score (nSPS) is 12.2. The Morgan fingerprint density at radius 1 is 1.15 bits per heavy atom. The van der Waals surface area contributed by atoms with Crippen LogP contribution in [0.2, 0.25) is 0 Å². The number of hydrogen-bond donors (Lipinski definition) is 2. The van der Waals surface area contributed by atoms with Crippen LogP contribution in [0.15, 0.2) is 40.1 Å². The van der Waals surface area contributed by atoms with Crippen molar-refractivity contribution in [1.82, 2.24) is 15.6 Å². The number of aryl methyl sites for hydroxylation is 1. The molecule has 0 saturated carbocycles. The molecule has 26 heavy (non-hydrogen) atoms. The first-order valence-corrected chi connectivity index (χ1v) is 8.97. The van der Waals surface area contributed by atoms with Gasteiger partial charge in [0.05, 0.1) is 11.6 Å². The van der Waals surface area contributed by atoms with Gasteiger partial charge in [0.15, 0.2) is 17.3 Å². The number of nitrogens with zero attached hydrogens (tertiary/aromatic N) is 1. The summed E-state index contributed by atoms with van der Waals surface area (Å²) < 4.78 is 16.3. The Hall–Kier alpha value is -3.00. The summed E-state index contributed by atoms with van der Waals surface area (Å²) >= 11 is 1.57. The van der Waals surface area contributed by atoms with E-state index in [9.17, 15) is 4.79 Å². The lowest BCUT2D eigenvalue weighted by Gasteiger charge is -2.07. The number of fused-ring (bicyclic) bond motifs is 1. The number of thiazole rings is 1. The first kappa shape index (κ1) is 16.5. The highest BCUT2D eigenvalue weighted by Gasteiger charge is 2.13. The maximum Gasteiger partial charge on any atom is 0.315 e. The number of urea groups is 1. The molecule has 0 fully saturated rings. The average Bonchev–Trinajstić information content (AvgIpc) is 3.37. The van der Waals surface area contributed by atoms with Crippen LogP contribution in [0.25, 0.3) is 11.5 Å². The van der Waals surface area contributed by atoms with Crippen molar-refractivity contribution in [2.45, 2.75) is 20.0 Å². The number of carbonyl (C=O) groups excluding carboxylic acids is 1. The van der Waals surface area contributed by atoms with Gasteiger partial charge in [-0.2, -0.15) is 0 Å². The Morgan fingerprint density at radius 3 is 2.85 bits per heavy atom. The summed E-state index contributed by atoms with van der Waals surface area (Å²) in [6.45, 7) is 2.88. The highest BCUT2D eigenvalue weighted by molar-refractivity contribution is 7.09.